The molecule has 96 valence electrons. The predicted octanol–water partition coefficient (Wildman–Crippen LogP) is 2.98. The Morgan fingerprint density at radius 2 is 2.29 bits per heavy atom. The number of carboxylic acid groups (broad SMARTS) is 1. The van der Waals surface area contributed by atoms with Crippen LogP contribution < -0.4 is 0 Å². The second kappa shape index (κ2) is 11.8. The lowest BCUT2D eigenvalue weighted by atomic mass is 10.5. The van der Waals surface area contributed by atoms with E-state index in [-0.39, 0.29) is 13.0 Å². The zero-order valence-corrected chi connectivity index (χ0v) is 11.4. The van der Waals surface area contributed by atoms with Gasteiger partial charge in [0, 0.05) is 5.75 Å². The van der Waals surface area contributed by atoms with Gasteiger partial charge in [0.2, 0.25) is 0 Å². The molecule has 0 heterocycles. The minimum absolute atomic E-state index is 0.0540. The highest BCUT2D eigenvalue weighted by atomic mass is 33.1. The third-order valence-electron chi connectivity index (χ3n) is 1.50. The van der Waals surface area contributed by atoms with E-state index in [0.717, 1.165) is 10.8 Å². The second-order valence-electron chi connectivity index (χ2n) is 2.85. The summed E-state index contributed by atoms with van der Waals surface area (Å²) < 4.78 is 5.15. The molecule has 6 heteroatoms. The van der Waals surface area contributed by atoms with E-state index in [4.69, 9.17) is 9.84 Å². The van der Waals surface area contributed by atoms with Gasteiger partial charge >= 0.3 is 5.97 Å². The molecule has 0 spiro atoms. The standard InChI is InChI=1S/C11H17NO3S2/c1-3-4-5-10(12-2)17-16-9-8-15-7-6-11(13)14/h3-5H,2,6-9H2,1H3,(H,13,14)/b4-3-,10-5+. The van der Waals surface area contributed by atoms with Crippen molar-refractivity contribution < 1.29 is 14.6 Å². The van der Waals surface area contributed by atoms with Crippen molar-refractivity contribution in [3.8, 4) is 0 Å². The lowest BCUT2D eigenvalue weighted by Gasteiger charge is -2.02. The highest BCUT2D eigenvalue weighted by Gasteiger charge is 1.97. The Kier molecular flexibility index (Phi) is 11.3. The topological polar surface area (TPSA) is 58.9 Å². The van der Waals surface area contributed by atoms with E-state index in [2.05, 4.69) is 11.7 Å². The first-order valence-corrected chi connectivity index (χ1v) is 7.41. The first-order chi connectivity index (χ1) is 8.20. The highest BCUT2D eigenvalue weighted by Crippen LogP contribution is 2.30. The van der Waals surface area contributed by atoms with Crippen LogP contribution in [0.2, 0.25) is 0 Å². The van der Waals surface area contributed by atoms with E-state index in [0.29, 0.717) is 6.61 Å². The number of hydrogen-bond donors (Lipinski definition) is 1. The van der Waals surface area contributed by atoms with Crippen LogP contribution in [0, 0.1) is 0 Å². The molecule has 0 bridgehead atoms. The molecular weight excluding hydrogens is 258 g/mol. The monoisotopic (exact) mass is 275 g/mol. The summed E-state index contributed by atoms with van der Waals surface area (Å²) in [5.41, 5.74) is 0. The third-order valence-corrected chi connectivity index (χ3v) is 3.76. The number of nitrogens with zero attached hydrogens (tertiary/aromatic N) is 1. The fourth-order valence-corrected chi connectivity index (χ4v) is 2.46. The summed E-state index contributed by atoms with van der Waals surface area (Å²) in [6.45, 7) is 6.22. The van der Waals surface area contributed by atoms with Gasteiger partial charge in [-0.15, -0.1) is 0 Å². The van der Waals surface area contributed by atoms with Crippen molar-refractivity contribution in [2.24, 2.45) is 4.99 Å². The van der Waals surface area contributed by atoms with Crippen molar-refractivity contribution in [2.45, 2.75) is 13.3 Å². The fraction of sp³-hybridized carbons (Fsp3) is 0.455. The van der Waals surface area contributed by atoms with Gasteiger partial charge in [0.1, 0.15) is 5.03 Å². The van der Waals surface area contributed by atoms with Crippen molar-refractivity contribution in [3.05, 3.63) is 23.3 Å². The number of carbonyl (C=O) groups is 1. The van der Waals surface area contributed by atoms with Crippen LogP contribution in [0.15, 0.2) is 28.2 Å². The first kappa shape index (κ1) is 16.3. The van der Waals surface area contributed by atoms with Crippen LogP contribution in [0.1, 0.15) is 13.3 Å². The van der Waals surface area contributed by atoms with Crippen LogP contribution in [-0.4, -0.2) is 36.8 Å². The number of aliphatic imine (C=N–C) groups is 1. The molecule has 1 N–H and O–H groups in total. The summed E-state index contributed by atoms with van der Waals surface area (Å²) in [6.07, 6.45) is 5.76. The van der Waals surface area contributed by atoms with Crippen LogP contribution in [0.3, 0.4) is 0 Å². The van der Waals surface area contributed by atoms with Crippen molar-refractivity contribution >= 4 is 34.3 Å². The van der Waals surface area contributed by atoms with Crippen LogP contribution in [-0.2, 0) is 9.53 Å². The molecule has 0 unspecified atom stereocenters. The van der Waals surface area contributed by atoms with E-state index in [1.165, 1.54) is 10.8 Å². The number of hydrogen-bond acceptors (Lipinski definition) is 5. The van der Waals surface area contributed by atoms with E-state index in [1.54, 1.807) is 10.8 Å². The summed E-state index contributed by atoms with van der Waals surface area (Å²) in [5, 5.41) is 9.23. The van der Waals surface area contributed by atoms with Gasteiger partial charge in [0.15, 0.2) is 0 Å². The van der Waals surface area contributed by atoms with Gasteiger partial charge in [-0.2, -0.15) is 0 Å². The van der Waals surface area contributed by atoms with E-state index < -0.39 is 5.97 Å². The Bertz CT molecular complexity index is 290. The lowest BCUT2D eigenvalue weighted by Crippen LogP contribution is -2.04. The van der Waals surface area contributed by atoms with E-state index in [9.17, 15) is 4.79 Å². The molecule has 0 aromatic carbocycles. The van der Waals surface area contributed by atoms with Gasteiger partial charge in [0.05, 0.1) is 19.6 Å². The summed E-state index contributed by atoms with van der Waals surface area (Å²) in [6, 6.07) is 0. The molecule has 4 nitrogen and oxygen atoms in total. The molecule has 0 aliphatic heterocycles. The number of ether oxygens (including phenoxy) is 1. The molecule has 0 fully saturated rings. The summed E-state index contributed by atoms with van der Waals surface area (Å²) in [4.78, 5) is 14.1. The van der Waals surface area contributed by atoms with E-state index in [1.807, 2.05) is 25.2 Å². The van der Waals surface area contributed by atoms with Crippen LogP contribution in [0.25, 0.3) is 0 Å². The Balaban J connectivity index is 3.49. The van der Waals surface area contributed by atoms with Gasteiger partial charge in [-0.1, -0.05) is 22.9 Å². The maximum atomic E-state index is 10.2. The average Bonchev–Trinajstić information content (AvgIpc) is 2.31. The lowest BCUT2D eigenvalue weighted by molar-refractivity contribution is -0.138. The van der Waals surface area contributed by atoms with Crippen LogP contribution >= 0.6 is 21.6 Å². The third kappa shape index (κ3) is 11.5. The Morgan fingerprint density at radius 1 is 1.53 bits per heavy atom. The number of aliphatic carboxylic acids is 1. The zero-order valence-electron chi connectivity index (χ0n) is 9.80. The Morgan fingerprint density at radius 3 is 2.88 bits per heavy atom. The molecule has 0 aliphatic rings. The summed E-state index contributed by atoms with van der Waals surface area (Å²) in [7, 11) is 3.13. The summed E-state index contributed by atoms with van der Waals surface area (Å²) >= 11 is 0. The van der Waals surface area contributed by atoms with Crippen molar-refractivity contribution in [3.63, 3.8) is 0 Å². The van der Waals surface area contributed by atoms with Crippen molar-refractivity contribution in [2.75, 3.05) is 19.0 Å². The van der Waals surface area contributed by atoms with Crippen LogP contribution in [0.5, 0.6) is 0 Å². The van der Waals surface area contributed by atoms with Crippen molar-refractivity contribution in [1.82, 2.24) is 0 Å². The quantitative estimate of drug-likeness (QED) is 0.287. The van der Waals surface area contributed by atoms with Gasteiger partial charge in [-0.25, -0.2) is 0 Å². The number of rotatable bonds is 10. The van der Waals surface area contributed by atoms with E-state index >= 15 is 0 Å². The largest absolute Gasteiger partial charge is 0.481 e. The molecule has 0 amide bonds. The normalized spacial score (nSPS) is 11.9. The molecule has 0 aromatic heterocycles. The van der Waals surface area contributed by atoms with Gasteiger partial charge < -0.3 is 9.84 Å². The SMILES string of the molecule is C=N/C(=C\C=C/C)SSCCOCCC(=O)O. The molecule has 0 aromatic rings. The zero-order chi connectivity index (χ0) is 12.9. The average molecular weight is 275 g/mol. The molecule has 0 radical (unpaired) electrons. The smallest absolute Gasteiger partial charge is 0.305 e. The molecule has 0 saturated heterocycles. The van der Waals surface area contributed by atoms with Gasteiger partial charge in [-0.3, -0.25) is 9.79 Å². The van der Waals surface area contributed by atoms with Gasteiger partial charge in [0.25, 0.3) is 0 Å². The molecular formula is C11H17NO3S2. The van der Waals surface area contributed by atoms with Crippen molar-refractivity contribution in [1.29, 1.82) is 0 Å². The van der Waals surface area contributed by atoms with Crippen LogP contribution in [0.4, 0.5) is 0 Å². The summed E-state index contributed by atoms with van der Waals surface area (Å²) in [5.74, 6) is -0.0491. The number of allylic oxidation sites excluding steroid dienone is 3. The minimum Gasteiger partial charge on any atom is -0.481 e. The molecule has 0 atom stereocenters. The molecule has 0 saturated carbocycles. The second-order valence-corrected chi connectivity index (χ2v) is 5.29. The fourth-order valence-electron chi connectivity index (χ4n) is 0.742. The molecule has 17 heavy (non-hydrogen) atoms. The Hall–Kier alpha value is -0.720. The number of carboxylic acids is 1. The first-order valence-electron chi connectivity index (χ1n) is 5.09. The molecule has 0 rings (SSSR count). The maximum absolute atomic E-state index is 10.2. The predicted molar refractivity (Wildman–Crippen MR) is 75.6 cm³/mol. The highest BCUT2D eigenvalue weighted by molar-refractivity contribution is 8.78. The maximum Gasteiger partial charge on any atom is 0.305 e. The molecule has 0 aliphatic carbocycles. The van der Waals surface area contributed by atoms with Gasteiger partial charge in [-0.05, 0) is 30.5 Å². The Labute approximate surface area is 110 Å². The minimum atomic E-state index is -0.834.